The normalized spacial score (nSPS) is 24.1. The van der Waals surface area contributed by atoms with Crippen LogP contribution in [0.1, 0.15) is 37.0 Å². The number of hydrogen-bond donors (Lipinski definition) is 1. The van der Waals surface area contributed by atoms with E-state index >= 15 is 0 Å². The van der Waals surface area contributed by atoms with Crippen LogP contribution in [0.15, 0.2) is 22.7 Å². The highest BCUT2D eigenvalue weighted by Crippen LogP contribution is 2.28. The fourth-order valence-corrected chi connectivity index (χ4v) is 2.81. The number of carbonyl (C=O) groups excluding carboxylic acids is 1. The van der Waals surface area contributed by atoms with E-state index in [0.29, 0.717) is 11.5 Å². The molecule has 1 saturated heterocycles. The summed E-state index contributed by atoms with van der Waals surface area (Å²) in [5, 5.41) is 9.87. The van der Waals surface area contributed by atoms with Crippen LogP contribution in [0.2, 0.25) is 0 Å². The number of nitrogens with zero attached hydrogens (tertiary/aromatic N) is 1. The zero-order valence-corrected chi connectivity index (χ0v) is 12.3. The summed E-state index contributed by atoms with van der Waals surface area (Å²) in [7, 11) is 0. The highest BCUT2D eigenvalue weighted by Gasteiger charge is 2.30. The van der Waals surface area contributed by atoms with Gasteiger partial charge in [-0.1, -0.05) is 22.9 Å². The largest absolute Gasteiger partial charge is 0.507 e. The summed E-state index contributed by atoms with van der Waals surface area (Å²) in [6.45, 7) is 5.03. The third-order valence-corrected chi connectivity index (χ3v) is 4.32. The summed E-state index contributed by atoms with van der Waals surface area (Å²) in [4.78, 5) is 14.3. The lowest BCUT2D eigenvalue weighted by atomic mass is 9.91. The van der Waals surface area contributed by atoms with Crippen LogP contribution in [0.4, 0.5) is 0 Å². The van der Waals surface area contributed by atoms with Gasteiger partial charge in [-0.3, -0.25) is 4.79 Å². The van der Waals surface area contributed by atoms with Crippen molar-refractivity contribution in [2.75, 3.05) is 6.54 Å². The molecular formula is C14H18BrNO2. The fourth-order valence-electron chi connectivity index (χ4n) is 2.46. The maximum Gasteiger partial charge on any atom is 0.257 e. The van der Waals surface area contributed by atoms with E-state index in [9.17, 15) is 9.90 Å². The number of hydrogen-bond acceptors (Lipinski definition) is 2. The Morgan fingerprint density at radius 2 is 2.17 bits per heavy atom. The van der Waals surface area contributed by atoms with Crippen molar-refractivity contribution in [2.24, 2.45) is 5.92 Å². The smallest absolute Gasteiger partial charge is 0.257 e. The molecule has 0 bridgehead atoms. The van der Waals surface area contributed by atoms with Crippen LogP contribution < -0.4 is 0 Å². The lowest BCUT2D eigenvalue weighted by molar-refractivity contribution is 0.0548. The number of aromatic hydroxyl groups is 1. The molecule has 1 N–H and O–H groups in total. The van der Waals surface area contributed by atoms with E-state index in [-0.39, 0.29) is 17.7 Å². The molecule has 2 atom stereocenters. The summed E-state index contributed by atoms with van der Waals surface area (Å²) in [5.41, 5.74) is 0.388. The molecule has 4 heteroatoms. The van der Waals surface area contributed by atoms with Gasteiger partial charge in [-0.25, -0.2) is 0 Å². The average molecular weight is 312 g/mol. The molecule has 1 aromatic rings. The number of likely N-dealkylation sites (tertiary alicyclic amines) is 1. The van der Waals surface area contributed by atoms with Crippen molar-refractivity contribution >= 4 is 21.8 Å². The Kier molecular flexibility index (Phi) is 3.95. The van der Waals surface area contributed by atoms with Crippen LogP contribution >= 0.6 is 15.9 Å². The molecule has 1 heterocycles. The lowest BCUT2D eigenvalue weighted by Crippen LogP contribution is -2.46. The van der Waals surface area contributed by atoms with Gasteiger partial charge in [-0.15, -0.1) is 0 Å². The molecule has 2 rings (SSSR count). The molecule has 1 amide bonds. The molecular weight excluding hydrogens is 294 g/mol. The molecule has 1 aliphatic heterocycles. The van der Waals surface area contributed by atoms with Crippen LogP contribution in [0.25, 0.3) is 0 Å². The van der Waals surface area contributed by atoms with Gasteiger partial charge in [-0.05, 0) is 43.9 Å². The van der Waals surface area contributed by atoms with Gasteiger partial charge in [0.1, 0.15) is 5.75 Å². The van der Waals surface area contributed by atoms with Crippen molar-refractivity contribution < 1.29 is 9.90 Å². The minimum Gasteiger partial charge on any atom is -0.507 e. The Labute approximate surface area is 116 Å². The van der Waals surface area contributed by atoms with Crippen LogP contribution in [0, 0.1) is 5.92 Å². The Hall–Kier alpha value is -1.03. The summed E-state index contributed by atoms with van der Waals surface area (Å²) in [6, 6.07) is 5.25. The second-order valence-electron chi connectivity index (χ2n) is 5.02. The molecule has 0 spiro atoms. The third kappa shape index (κ3) is 2.53. The van der Waals surface area contributed by atoms with E-state index in [0.717, 1.165) is 23.9 Å². The Bertz CT molecular complexity index is 461. The highest BCUT2D eigenvalue weighted by atomic mass is 79.9. The number of halogens is 1. The third-order valence-electron chi connectivity index (χ3n) is 3.82. The van der Waals surface area contributed by atoms with Crippen molar-refractivity contribution in [1.29, 1.82) is 0 Å². The zero-order chi connectivity index (χ0) is 13.3. The minimum absolute atomic E-state index is 0.0415. The lowest BCUT2D eigenvalue weighted by Gasteiger charge is -2.38. The number of amides is 1. The summed E-state index contributed by atoms with van der Waals surface area (Å²) in [5.74, 6) is 0.485. The van der Waals surface area contributed by atoms with Gasteiger partial charge in [0.05, 0.1) is 5.56 Å². The van der Waals surface area contributed by atoms with Gasteiger partial charge in [0.25, 0.3) is 5.91 Å². The van der Waals surface area contributed by atoms with E-state index in [4.69, 9.17) is 0 Å². The molecule has 0 aromatic heterocycles. The second kappa shape index (κ2) is 5.31. The van der Waals surface area contributed by atoms with Crippen molar-refractivity contribution in [3.63, 3.8) is 0 Å². The highest BCUT2D eigenvalue weighted by molar-refractivity contribution is 9.10. The Morgan fingerprint density at radius 1 is 1.44 bits per heavy atom. The number of carbonyl (C=O) groups is 1. The topological polar surface area (TPSA) is 40.5 Å². The summed E-state index contributed by atoms with van der Waals surface area (Å²) >= 11 is 3.28. The number of phenolic OH excluding ortho intramolecular Hbond substituents is 1. The fraction of sp³-hybridized carbons (Fsp3) is 0.500. The van der Waals surface area contributed by atoms with Gasteiger partial charge in [-0.2, -0.15) is 0 Å². The minimum atomic E-state index is -0.0703. The van der Waals surface area contributed by atoms with E-state index in [1.54, 1.807) is 18.2 Å². The van der Waals surface area contributed by atoms with Gasteiger partial charge >= 0.3 is 0 Å². The van der Waals surface area contributed by atoms with E-state index in [1.165, 1.54) is 0 Å². The molecule has 1 fully saturated rings. The number of phenols is 1. The molecule has 98 valence electrons. The first-order valence-corrected chi connectivity index (χ1v) is 7.09. The van der Waals surface area contributed by atoms with Gasteiger partial charge < -0.3 is 10.0 Å². The molecule has 0 radical (unpaired) electrons. The van der Waals surface area contributed by atoms with Crippen LogP contribution in [-0.4, -0.2) is 28.5 Å². The number of benzene rings is 1. The Balaban J connectivity index is 2.25. The van der Waals surface area contributed by atoms with E-state index < -0.39 is 0 Å². The van der Waals surface area contributed by atoms with Gasteiger partial charge in [0, 0.05) is 17.1 Å². The van der Waals surface area contributed by atoms with Crippen molar-refractivity contribution in [3.05, 3.63) is 28.2 Å². The van der Waals surface area contributed by atoms with Crippen molar-refractivity contribution in [1.82, 2.24) is 4.90 Å². The predicted octanol–water partition coefficient (Wildman–Crippen LogP) is 3.42. The quantitative estimate of drug-likeness (QED) is 0.863. The summed E-state index contributed by atoms with van der Waals surface area (Å²) < 4.78 is 0.775. The second-order valence-corrected chi connectivity index (χ2v) is 5.94. The monoisotopic (exact) mass is 311 g/mol. The first-order valence-electron chi connectivity index (χ1n) is 6.30. The molecule has 0 saturated carbocycles. The molecule has 0 aliphatic carbocycles. The number of rotatable bonds is 1. The first-order chi connectivity index (χ1) is 8.50. The van der Waals surface area contributed by atoms with Crippen LogP contribution in [-0.2, 0) is 0 Å². The van der Waals surface area contributed by atoms with E-state index in [1.807, 2.05) is 4.90 Å². The van der Waals surface area contributed by atoms with Crippen molar-refractivity contribution in [3.8, 4) is 5.75 Å². The molecule has 1 aliphatic rings. The van der Waals surface area contributed by atoms with Crippen LogP contribution in [0.3, 0.4) is 0 Å². The van der Waals surface area contributed by atoms with Gasteiger partial charge in [0.15, 0.2) is 0 Å². The molecule has 1 aromatic carbocycles. The first kappa shape index (κ1) is 13.4. The predicted molar refractivity (Wildman–Crippen MR) is 74.7 cm³/mol. The molecule has 3 nitrogen and oxygen atoms in total. The average Bonchev–Trinajstić information content (AvgIpc) is 2.32. The van der Waals surface area contributed by atoms with E-state index in [2.05, 4.69) is 29.8 Å². The molecule has 2 unspecified atom stereocenters. The standard InChI is InChI=1S/C14H18BrNO2/c1-9-4-3-7-16(10(9)2)14(18)12-6-5-11(15)8-13(12)17/h5-6,8-10,17H,3-4,7H2,1-2H3. The number of piperidine rings is 1. The molecule has 18 heavy (non-hydrogen) atoms. The SMILES string of the molecule is CC1CCCN(C(=O)c2ccc(Br)cc2O)C1C. The van der Waals surface area contributed by atoms with Gasteiger partial charge in [0.2, 0.25) is 0 Å². The maximum atomic E-state index is 12.4. The summed E-state index contributed by atoms with van der Waals surface area (Å²) in [6.07, 6.45) is 2.20. The van der Waals surface area contributed by atoms with Crippen LogP contribution in [0.5, 0.6) is 5.75 Å². The zero-order valence-electron chi connectivity index (χ0n) is 10.7. The maximum absolute atomic E-state index is 12.4. The van der Waals surface area contributed by atoms with Crippen molar-refractivity contribution in [2.45, 2.75) is 32.7 Å². The Morgan fingerprint density at radius 3 is 2.83 bits per heavy atom.